The molecule has 3 heteroatoms. The van der Waals surface area contributed by atoms with E-state index in [0.717, 1.165) is 16.8 Å². The molecule has 0 spiro atoms. The van der Waals surface area contributed by atoms with Gasteiger partial charge < -0.3 is 5.32 Å². The van der Waals surface area contributed by atoms with Crippen molar-refractivity contribution in [2.75, 3.05) is 5.32 Å². The van der Waals surface area contributed by atoms with Crippen molar-refractivity contribution in [3.05, 3.63) is 57.8 Å². The number of benzene rings is 1. The molecule has 17 heavy (non-hydrogen) atoms. The lowest BCUT2D eigenvalue weighted by Crippen LogP contribution is -2.01. The Morgan fingerprint density at radius 1 is 1.18 bits per heavy atom. The average Bonchev–Trinajstić information content (AvgIpc) is 2.32. The van der Waals surface area contributed by atoms with Crippen molar-refractivity contribution in [1.29, 1.82) is 0 Å². The molecule has 0 amide bonds. The summed E-state index contributed by atoms with van der Waals surface area (Å²) in [5.41, 5.74) is 4.96. The first kappa shape index (κ1) is 12.1. The monoisotopic (exact) mass is 290 g/mol. The van der Waals surface area contributed by atoms with E-state index in [2.05, 4.69) is 58.3 Å². The fourth-order valence-corrected chi connectivity index (χ4v) is 2.02. The van der Waals surface area contributed by atoms with Crippen LogP contribution >= 0.6 is 15.9 Å². The van der Waals surface area contributed by atoms with Crippen molar-refractivity contribution in [1.82, 2.24) is 4.98 Å². The lowest BCUT2D eigenvalue weighted by Gasteiger charge is -2.09. The number of halogens is 1. The van der Waals surface area contributed by atoms with Gasteiger partial charge >= 0.3 is 0 Å². The normalized spacial score (nSPS) is 10.3. The highest BCUT2D eigenvalue weighted by Crippen LogP contribution is 2.19. The molecule has 1 N–H and O–H groups in total. The van der Waals surface area contributed by atoms with Gasteiger partial charge in [0.1, 0.15) is 4.60 Å². The first-order valence-electron chi connectivity index (χ1n) is 5.57. The molecule has 0 saturated heterocycles. The second-order valence-electron chi connectivity index (χ2n) is 4.11. The summed E-state index contributed by atoms with van der Waals surface area (Å²) in [6.07, 6.45) is 1.77. The Balaban J connectivity index is 2.08. The van der Waals surface area contributed by atoms with E-state index in [1.807, 2.05) is 12.1 Å². The smallest absolute Gasteiger partial charge is 0.129 e. The minimum absolute atomic E-state index is 0.811. The topological polar surface area (TPSA) is 24.9 Å². The number of pyridine rings is 1. The molecule has 1 aromatic carbocycles. The molecule has 2 nitrogen and oxygen atoms in total. The zero-order chi connectivity index (χ0) is 12.3. The van der Waals surface area contributed by atoms with Crippen LogP contribution in [0.2, 0.25) is 0 Å². The zero-order valence-electron chi connectivity index (χ0n) is 10.00. The van der Waals surface area contributed by atoms with Crippen molar-refractivity contribution in [3.63, 3.8) is 0 Å². The highest BCUT2D eigenvalue weighted by Gasteiger charge is 2.00. The maximum atomic E-state index is 4.18. The quantitative estimate of drug-likeness (QED) is 0.862. The van der Waals surface area contributed by atoms with Crippen molar-refractivity contribution in [2.45, 2.75) is 20.4 Å². The molecule has 0 atom stereocenters. The molecule has 0 aliphatic carbocycles. The van der Waals surface area contributed by atoms with Crippen LogP contribution in [0.4, 0.5) is 5.69 Å². The molecular weight excluding hydrogens is 276 g/mol. The second kappa shape index (κ2) is 5.32. The molecule has 1 aromatic heterocycles. The predicted octanol–water partition coefficient (Wildman–Crippen LogP) is 4.07. The maximum Gasteiger partial charge on any atom is 0.129 e. The van der Waals surface area contributed by atoms with E-state index in [1.54, 1.807) is 6.20 Å². The minimum Gasteiger partial charge on any atom is -0.379 e. The zero-order valence-corrected chi connectivity index (χ0v) is 11.6. The molecule has 0 unspecified atom stereocenters. The van der Waals surface area contributed by atoms with Gasteiger partial charge in [-0.05, 0) is 58.6 Å². The molecular formula is C14H15BrN2. The van der Waals surface area contributed by atoms with Gasteiger partial charge in [0.2, 0.25) is 0 Å². The third-order valence-corrected chi connectivity index (χ3v) is 3.45. The van der Waals surface area contributed by atoms with E-state index in [-0.39, 0.29) is 0 Å². The first-order valence-corrected chi connectivity index (χ1v) is 6.36. The second-order valence-corrected chi connectivity index (χ2v) is 4.87. The molecule has 0 fully saturated rings. The third-order valence-electron chi connectivity index (χ3n) is 2.81. The van der Waals surface area contributed by atoms with Gasteiger partial charge in [0.15, 0.2) is 0 Å². The number of nitrogens with one attached hydrogen (secondary N) is 1. The Labute approximate surface area is 110 Å². The van der Waals surface area contributed by atoms with E-state index < -0.39 is 0 Å². The van der Waals surface area contributed by atoms with Crippen LogP contribution in [-0.2, 0) is 6.54 Å². The van der Waals surface area contributed by atoms with Crippen molar-refractivity contribution >= 4 is 21.6 Å². The van der Waals surface area contributed by atoms with Crippen molar-refractivity contribution in [2.24, 2.45) is 0 Å². The largest absolute Gasteiger partial charge is 0.379 e. The number of nitrogens with zero attached hydrogens (tertiary/aromatic N) is 1. The van der Waals surface area contributed by atoms with Crippen LogP contribution in [0, 0.1) is 13.8 Å². The molecule has 0 aliphatic heterocycles. The Hall–Kier alpha value is -1.35. The van der Waals surface area contributed by atoms with Crippen LogP contribution in [0.1, 0.15) is 16.7 Å². The summed E-state index contributed by atoms with van der Waals surface area (Å²) in [5.74, 6) is 0. The molecule has 1 heterocycles. The van der Waals surface area contributed by atoms with Crippen molar-refractivity contribution in [3.8, 4) is 0 Å². The molecule has 2 aromatic rings. The Morgan fingerprint density at radius 3 is 2.71 bits per heavy atom. The Morgan fingerprint density at radius 2 is 2.00 bits per heavy atom. The lowest BCUT2D eigenvalue weighted by atomic mass is 10.1. The number of rotatable bonds is 3. The number of aryl methyl sites for hydroxylation is 2. The van der Waals surface area contributed by atoms with Crippen LogP contribution in [0.5, 0.6) is 0 Å². The molecule has 0 radical (unpaired) electrons. The number of hydrogen-bond donors (Lipinski definition) is 1. The van der Waals surface area contributed by atoms with Gasteiger partial charge in [-0.1, -0.05) is 18.2 Å². The average molecular weight is 291 g/mol. The number of anilines is 1. The van der Waals surface area contributed by atoms with Crippen molar-refractivity contribution < 1.29 is 0 Å². The summed E-state index contributed by atoms with van der Waals surface area (Å²) < 4.78 is 0.851. The van der Waals surface area contributed by atoms with Gasteiger partial charge in [0.05, 0.1) is 5.69 Å². The lowest BCUT2D eigenvalue weighted by molar-refractivity contribution is 1.11. The van der Waals surface area contributed by atoms with Crippen LogP contribution in [0.3, 0.4) is 0 Å². The minimum atomic E-state index is 0.811. The van der Waals surface area contributed by atoms with Gasteiger partial charge in [-0.15, -0.1) is 0 Å². The van der Waals surface area contributed by atoms with E-state index in [4.69, 9.17) is 0 Å². The van der Waals surface area contributed by atoms with Gasteiger partial charge in [0, 0.05) is 12.7 Å². The highest BCUT2D eigenvalue weighted by molar-refractivity contribution is 9.10. The summed E-state index contributed by atoms with van der Waals surface area (Å²) in [7, 11) is 0. The summed E-state index contributed by atoms with van der Waals surface area (Å²) in [6.45, 7) is 5.08. The van der Waals surface area contributed by atoms with Crippen LogP contribution in [-0.4, -0.2) is 4.98 Å². The molecule has 88 valence electrons. The van der Waals surface area contributed by atoms with Gasteiger partial charge in [-0.3, -0.25) is 0 Å². The van der Waals surface area contributed by atoms with E-state index in [0.29, 0.717) is 0 Å². The van der Waals surface area contributed by atoms with E-state index in [9.17, 15) is 0 Å². The molecule has 0 bridgehead atoms. The summed E-state index contributed by atoms with van der Waals surface area (Å²) in [4.78, 5) is 4.18. The number of aromatic nitrogens is 1. The SMILES string of the molecule is Cc1ccc(CNc2cccnc2Br)cc1C. The van der Waals surface area contributed by atoms with Gasteiger partial charge in [-0.25, -0.2) is 4.98 Å². The van der Waals surface area contributed by atoms with Crippen LogP contribution < -0.4 is 5.32 Å². The molecule has 0 aliphatic rings. The summed E-state index contributed by atoms with van der Waals surface area (Å²) in [5, 5.41) is 3.37. The Bertz CT molecular complexity index is 523. The highest BCUT2D eigenvalue weighted by atomic mass is 79.9. The van der Waals surface area contributed by atoms with E-state index >= 15 is 0 Å². The fourth-order valence-electron chi connectivity index (χ4n) is 1.63. The first-order chi connectivity index (χ1) is 8.16. The van der Waals surface area contributed by atoms with E-state index in [1.165, 1.54) is 16.7 Å². The maximum absolute atomic E-state index is 4.18. The standard InChI is InChI=1S/C14H15BrN2/c1-10-5-6-12(8-11(10)2)9-17-13-4-3-7-16-14(13)15/h3-8,17H,9H2,1-2H3. The molecule has 0 saturated carbocycles. The fraction of sp³-hybridized carbons (Fsp3) is 0.214. The summed E-state index contributed by atoms with van der Waals surface area (Å²) in [6, 6.07) is 10.5. The molecule has 2 rings (SSSR count). The van der Waals surface area contributed by atoms with Gasteiger partial charge in [0.25, 0.3) is 0 Å². The summed E-state index contributed by atoms with van der Waals surface area (Å²) >= 11 is 3.42. The number of hydrogen-bond acceptors (Lipinski definition) is 2. The van der Waals surface area contributed by atoms with Crippen LogP contribution in [0.25, 0.3) is 0 Å². The predicted molar refractivity (Wildman–Crippen MR) is 75.2 cm³/mol. The van der Waals surface area contributed by atoms with Crippen LogP contribution in [0.15, 0.2) is 41.1 Å². The third kappa shape index (κ3) is 3.07. The Kier molecular flexibility index (Phi) is 3.79. The van der Waals surface area contributed by atoms with Gasteiger partial charge in [-0.2, -0.15) is 0 Å².